The number of anilines is 1. The van der Waals surface area contributed by atoms with Crippen molar-refractivity contribution in [3.05, 3.63) is 54.2 Å². The van der Waals surface area contributed by atoms with E-state index in [1.54, 1.807) is 24.4 Å². The van der Waals surface area contributed by atoms with Crippen molar-refractivity contribution in [3.8, 4) is 0 Å². The normalized spacial score (nSPS) is 10.2. The number of carbonyl (C=O) groups excluding carboxylic acids is 1. The van der Waals surface area contributed by atoms with Gasteiger partial charge in [-0.25, -0.2) is 13.8 Å². The van der Waals surface area contributed by atoms with Crippen LogP contribution in [0.5, 0.6) is 0 Å². The molecule has 3 nitrogen and oxygen atoms in total. The number of carbonyl (C=O) groups is 1. The first-order chi connectivity index (χ1) is 9.15. The van der Waals surface area contributed by atoms with E-state index in [1.807, 2.05) is 0 Å². The molecule has 1 aromatic carbocycles. The van der Waals surface area contributed by atoms with Gasteiger partial charge >= 0.3 is 0 Å². The number of hydrogen-bond acceptors (Lipinski definition) is 3. The first kappa shape index (κ1) is 13.5. The molecule has 0 aliphatic rings. The lowest BCUT2D eigenvalue weighted by Crippen LogP contribution is -2.14. The number of amides is 1. The van der Waals surface area contributed by atoms with Gasteiger partial charge in [0.2, 0.25) is 5.91 Å². The molecule has 2 aromatic rings. The van der Waals surface area contributed by atoms with Crippen molar-refractivity contribution in [2.45, 2.75) is 4.90 Å². The molecule has 0 aliphatic heterocycles. The van der Waals surface area contributed by atoms with Crippen molar-refractivity contribution >= 4 is 23.5 Å². The molecule has 1 N–H and O–H groups in total. The summed E-state index contributed by atoms with van der Waals surface area (Å²) < 4.78 is 25.7. The number of pyridine rings is 1. The Morgan fingerprint density at radius 3 is 2.74 bits per heavy atom. The lowest BCUT2D eigenvalue weighted by Gasteiger charge is -2.04. The summed E-state index contributed by atoms with van der Waals surface area (Å²) in [5.41, 5.74) is 0. The van der Waals surface area contributed by atoms with Crippen LogP contribution >= 0.6 is 11.8 Å². The average molecular weight is 280 g/mol. The van der Waals surface area contributed by atoms with Gasteiger partial charge in [-0.3, -0.25) is 4.79 Å². The highest BCUT2D eigenvalue weighted by Crippen LogP contribution is 2.20. The summed E-state index contributed by atoms with van der Waals surface area (Å²) in [5, 5.41) is 2.60. The van der Waals surface area contributed by atoms with Crippen molar-refractivity contribution in [2.75, 3.05) is 11.1 Å². The summed E-state index contributed by atoms with van der Waals surface area (Å²) in [5.74, 6) is -1.52. The van der Waals surface area contributed by atoms with Gasteiger partial charge in [0, 0.05) is 11.1 Å². The topological polar surface area (TPSA) is 42.0 Å². The van der Waals surface area contributed by atoms with Crippen molar-refractivity contribution in [1.82, 2.24) is 4.98 Å². The molecule has 2 rings (SSSR count). The van der Waals surface area contributed by atoms with Crippen molar-refractivity contribution in [1.29, 1.82) is 0 Å². The minimum atomic E-state index is -0.921. The minimum absolute atomic E-state index is 0.0989. The Balaban J connectivity index is 1.88. The van der Waals surface area contributed by atoms with Crippen LogP contribution in [0, 0.1) is 11.6 Å². The van der Waals surface area contributed by atoms with Gasteiger partial charge in [-0.15, -0.1) is 11.8 Å². The van der Waals surface area contributed by atoms with Crippen LogP contribution in [0.1, 0.15) is 0 Å². The summed E-state index contributed by atoms with van der Waals surface area (Å²) in [6.45, 7) is 0. The molecule has 98 valence electrons. The highest BCUT2D eigenvalue weighted by molar-refractivity contribution is 8.00. The molecule has 1 heterocycles. The average Bonchev–Trinajstić information content (AvgIpc) is 2.41. The number of thioether (sulfide) groups is 1. The van der Waals surface area contributed by atoms with E-state index in [0.717, 1.165) is 23.9 Å². The van der Waals surface area contributed by atoms with Gasteiger partial charge in [-0.05, 0) is 30.3 Å². The van der Waals surface area contributed by atoms with Crippen LogP contribution < -0.4 is 5.32 Å². The van der Waals surface area contributed by atoms with Gasteiger partial charge < -0.3 is 5.32 Å². The zero-order valence-corrected chi connectivity index (χ0v) is 10.6. The van der Waals surface area contributed by atoms with Gasteiger partial charge in [0.1, 0.15) is 5.82 Å². The van der Waals surface area contributed by atoms with E-state index in [-0.39, 0.29) is 11.7 Å². The van der Waals surface area contributed by atoms with E-state index in [2.05, 4.69) is 10.3 Å². The van der Waals surface area contributed by atoms with E-state index < -0.39 is 11.6 Å². The molecule has 0 atom stereocenters. The van der Waals surface area contributed by atoms with Gasteiger partial charge in [0.05, 0.1) is 5.75 Å². The number of rotatable bonds is 4. The van der Waals surface area contributed by atoms with Crippen LogP contribution in [0.3, 0.4) is 0 Å². The molecule has 19 heavy (non-hydrogen) atoms. The fourth-order valence-electron chi connectivity index (χ4n) is 1.33. The Bertz CT molecular complexity index is 578. The van der Waals surface area contributed by atoms with E-state index in [9.17, 15) is 13.6 Å². The van der Waals surface area contributed by atoms with Gasteiger partial charge in [-0.1, -0.05) is 6.07 Å². The standard InChI is InChI=1S/C13H10F2N2OS/c14-10-5-4-9(7-11(10)15)19-8-13(18)17-12-3-1-2-6-16-12/h1-7H,8H2,(H,16,17,18). The molecule has 6 heteroatoms. The molecule has 0 unspecified atom stereocenters. The summed E-state index contributed by atoms with van der Waals surface area (Å²) in [7, 11) is 0. The Morgan fingerprint density at radius 2 is 2.05 bits per heavy atom. The van der Waals surface area contributed by atoms with Crippen LogP contribution in [-0.2, 0) is 4.79 Å². The molecule has 0 saturated heterocycles. The molecule has 1 aromatic heterocycles. The van der Waals surface area contributed by atoms with Crippen LogP contribution in [0.4, 0.5) is 14.6 Å². The van der Waals surface area contributed by atoms with Crippen LogP contribution in [0.15, 0.2) is 47.5 Å². The number of nitrogens with one attached hydrogen (secondary N) is 1. The molecule has 0 saturated carbocycles. The van der Waals surface area contributed by atoms with Gasteiger partial charge in [0.25, 0.3) is 0 Å². The molecule has 0 radical (unpaired) electrons. The third kappa shape index (κ3) is 4.03. The molecule has 0 fully saturated rings. The second-order valence-electron chi connectivity index (χ2n) is 3.63. The van der Waals surface area contributed by atoms with E-state index in [4.69, 9.17) is 0 Å². The Hall–Kier alpha value is -1.95. The second kappa shape index (κ2) is 6.29. The number of benzene rings is 1. The summed E-state index contributed by atoms with van der Waals surface area (Å²) >= 11 is 1.12. The van der Waals surface area contributed by atoms with E-state index in [0.29, 0.717) is 10.7 Å². The monoisotopic (exact) mass is 280 g/mol. The second-order valence-corrected chi connectivity index (χ2v) is 4.68. The molecule has 0 aliphatic carbocycles. The van der Waals surface area contributed by atoms with Crippen LogP contribution in [0.2, 0.25) is 0 Å². The maximum atomic E-state index is 13.0. The summed E-state index contributed by atoms with van der Waals surface area (Å²) in [6.07, 6.45) is 1.57. The maximum absolute atomic E-state index is 13.0. The third-order valence-corrected chi connectivity index (χ3v) is 3.19. The summed E-state index contributed by atoms with van der Waals surface area (Å²) in [6, 6.07) is 8.69. The molecular formula is C13H10F2N2OS. The number of nitrogens with zero attached hydrogens (tertiary/aromatic N) is 1. The number of aromatic nitrogens is 1. The Labute approximate surface area is 113 Å². The lowest BCUT2D eigenvalue weighted by molar-refractivity contribution is -0.113. The van der Waals surface area contributed by atoms with Crippen LogP contribution in [0.25, 0.3) is 0 Å². The third-order valence-electron chi connectivity index (χ3n) is 2.19. The zero-order chi connectivity index (χ0) is 13.7. The lowest BCUT2D eigenvalue weighted by atomic mass is 10.3. The fraction of sp³-hybridized carbons (Fsp3) is 0.0769. The maximum Gasteiger partial charge on any atom is 0.235 e. The van der Waals surface area contributed by atoms with Gasteiger partial charge in [-0.2, -0.15) is 0 Å². The number of halogens is 2. The summed E-state index contributed by atoms with van der Waals surface area (Å²) in [4.78, 5) is 16.0. The van der Waals surface area contributed by atoms with E-state index in [1.165, 1.54) is 6.07 Å². The largest absolute Gasteiger partial charge is 0.310 e. The fourth-order valence-corrected chi connectivity index (χ4v) is 2.05. The van der Waals surface area contributed by atoms with Crippen molar-refractivity contribution < 1.29 is 13.6 Å². The quantitative estimate of drug-likeness (QED) is 0.875. The number of hydrogen-bond donors (Lipinski definition) is 1. The molecule has 0 spiro atoms. The zero-order valence-electron chi connectivity index (χ0n) is 9.77. The highest BCUT2D eigenvalue weighted by atomic mass is 32.2. The highest BCUT2D eigenvalue weighted by Gasteiger charge is 2.06. The molecule has 0 bridgehead atoms. The smallest absolute Gasteiger partial charge is 0.235 e. The van der Waals surface area contributed by atoms with E-state index >= 15 is 0 Å². The molecular weight excluding hydrogens is 270 g/mol. The first-order valence-corrected chi connectivity index (χ1v) is 6.42. The predicted molar refractivity (Wildman–Crippen MR) is 69.9 cm³/mol. The van der Waals surface area contributed by atoms with Crippen molar-refractivity contribution in [3.63, 3.8) is 0 Å². The predicted octanol–water partition coefficient (Wildman–Crippen LogP) is 3.09. The Morgan fingerprint density at radius 1 is 1.21 bits per heavy atom. The SMILES string of the molecule is O=C(CSc1ccc(F)c(F)c1)Nc1ccccn1. The van der Waals surface area contributed by atoms with Crippen molar-refractivity contribution in [2.24, 2.45) is 0 Å². The Kier molecular flexibility index (Phi) is 4.46. The molecule has 1 amide bonds. The first-order valence-electron chi connectivity index (χ1n) is 5.44. The van der Waals surface area contributed by atoms with Gasteiger partial charge in [0.15, 0.2) is 11.6 Å². The van der Waals surface area contributed by atoms with Crippen LogP contribution in [-0.4, -0.2) is 16.6 Å². The minimum Gasteiger partial charge on any atom is -0.310 e.